The van der Waals surface area contributed by atoms with Crippen LogP contribution in [-0.2, 0) is 20.0 Å². The van der Waals surface area contributed by atoms with E-state index in [1.807, 2.05) is 30.3 Å². The Morgan fingerprint density at radius 1 is 1.14 bits per heavy atom. The molecule has 0 bridgehead atoms. The zero-order chi connectivity index (χ0) is 15.0. The normalized spacial score (nSPS) is 11.1. The van der Waals surface area contributed by atoms with E-state index in [4.69, 9.17) is 12.2 Å². The zero-order valence-corrected chi connectivity index (χ0v) is 12.2. The Labute approximate surface area is 124 Å². The highest BCUT2D eigenvalue weighted by Crippen LogP contribution is 2.09. The highest BCUT2D eigenvalue weighted by molar-refractivity contribution is 7.71. The van der Waals surface area contributed by atoms with Gasteiger partial charge in [-0.1, -0.05) is 30.3 Å². The molecule has 7 heteroatoms. The van der Waals surface area contributed by atoms with Crippen LogP contribution in [0.3, 0.4) is 0 Å². The highest BCUT2D eigenvalue weighted by atomic mass is 32.1. The standard InChI is InChI=1S/C14H14N4O2S/c1-17-11-10(12(19)16-13(17)20)18(14(21)15-11)8-7-9-5-3-2-4-6-9/h2-6H,7-8H2,1H3,(H,15,21)(H,16,19,20). The SMILES string of the molecule is Cn1c(=O)[nH]c(=O)c2c1[nH]c(=S)n2CCc1ccccc1. The van der Waals surface area contributed by atoms with Crippen LogP contribution in [0.5, 0.6) is 0 Å². The molecule has 3 rings (SSSR count). The highest BCUT2D eigenvalue weighted by Gasteiger charge is 2.12. The molecule has 0 aliphatic carbocycles. The number of nitrogens with zero attached hydrogens (tertiary/aromatic N) is 2. The van der Waals surface area contributed by atoms with E-state index in [0.29, 0.717) is 22.5 Å². The predicted octanol–water partition coefficient (Wildman–Crippen LogP) is 1.33. The van der Waals surface area contributed by atoms with Gasteiger partial charge in [-0.3, -0.25) is 14.3 Å². The minimum atomic E-state index is -0.459. The smallest absolute Gasteiger partial charge is 0.316 e. The number of imidazole rings is 1. The number of hydrogen-bond donors (Lipinski definition) is 2. The third kappa shape index (κ3) is 2.36. The van der Waals surface area contributed by atoms with Gasteiger partial charge in [-0.15, -0.1) is 0 Å². The Hall–Kier alpha value is -2.41. The molecule has 0 fully saturated rings. The fraction of sp³-hybridized carbons (Fsp3) is 0.214. The van der Waals surface area contributed by atoms with Crippen molar-refractivity contribution in [1.82, 2.24) is 19.1 Å². The summed E-state index contributed by atoms with van der Waals surface area (Å²) in [6.07, 6.45) is 0.754. The predicted molar refractivity (Wildman–Crippen MR) is 83.1 cm³/mol. The summed E-state index contributed by atoms with van der Waals surface area (Å²) in [4.78, 5) is 28.9. The Morgan fingerprint density at radius 3 is 2.57 bits per heavy atom. The number of nitrogens with one attached hydrogen (secondary N) is 2. The number of rotatable bonds is 3. The quantitative estimate of drug-likeness (QED) is 0.717. The lowest BCUT2D eigenvalue weighted by molar-refractivity contribution is 0.702. The molecule has 3 aromatic rings. The van der Waals surface area contributed by atoms with Gasteiger partial charge in [0.25, 0.3) is 5.56 Å². The molecule has 2 aromatic heterocycles. The molecule has 0 aliphatic rings. The minimum Gasteiger partial charge on any atom is -0.316 e. The van der Waals surface area contributed by atoms with Crippen molar-refractivity contribution in [3.63, 3.8) is 0 Å². The van der Waals surface area contributed by atoms with Crippen LogP contribution in [0.4, 0.5) is 0 Å². The van der Waals surface area contributed by atoms with Crippen LogP contribution in [0.15, 0.2) is 39.9 Å². The molecule has 0 amide bonds. The van der Waals surface area contributed by atoms with E-state index in [1.165, 1.54) is 4.57 Å². The van der Waals surface area contributed by atoms with Crippen LogP contribution in [0.25, 0.3) is 11.2 Å². The number of fused-ring (bicyclic) bond motifs is 1. The summed E-state index contributed by atoms with van der Waals surface area (Å²) in [5.41, 5.74) is 1.13. The van der Waals surface area contributed by atoms with Gasteiger partial charge >= 0.3 is 5.69 Å². The number of benzene rings is 1. The van der Waals surface area contributed by atoms with Gasteiger partial charge in [0.1, 0.15) is 5.65 Å². The van der Waals surface area contributed by atoms with Gasteiger partial charge in [-0.2, -0.15) is 0 Å². The molecular weight excluding hydrogens is 288 g/mol. The van der Waals surface area contributed by atoms with E-state index in [2.05, 4.69) is 9.97 Å². The van der Waals surface area contributed by atoms with Gasteiger partial charge in [0.05, 0.1) is 0 Å². The first-order chi connectivity index (χ1) is 10.1. The average molecular weight is 302 g/mol. The van der Waals surface area contributed by atoms with Crippen LogP contribution < -0.4 is 11.2 Å². The Balaban J connectivity index is 2.09. The Morgan fingerprint density at radius 2 is 1.86 bits per heavy atom. The summed E-state index contributed by atoms with van der Waals surface area (Å²) in [7, 11) is 1.59. The van der Waals surface area contributed by atoms with Crippen LogP contribution >= 0.6 is 12.2 Å². The van der Waals surface area contributed by atoms with Crippen molar-refractivity contribution in [2.75, 3.05) is 0 Å². The molecule has 6 nitrogen and oxygen atoms in total. The number of H-pyrrole nitrogens is 2. The first-order valence-corrected chi connectivity index (χ1v) is 6.94. The largest absolute Gasteiger partial charge is 0.329 e. The molecule has 1 aromatic carbocycles. The fourth-order valence-electron chi connectivity index (χ4n) is 2.37. The zero-order valence-electron chi connectivity index (χ0n) is 11.4. The summed E-state index contributed by atoms with van der Waals surface area (Å²) in [6.45, 7) is 0.574. The fourth-order valence-corrected chi connectivity index (χ4v) is 2.65. The first kappa shape index (κ1) is 13.6. The van der Waals surface area contributed by atoms with Crippen molar-refractivity contribution in [3.8, 4) is 0 Å². The molecule has 2 heterocycles. The maximum atomic E-state index is 12.0. The molecule has 0 radical (unpaired) electrons. The first-order valence-electron chi connectivity index (χ1n) is 6.53. The van der Waals surface area contributed by atoms with Gasteiger partial charge in [0.15, 0.2) is 10.3 Å². The minimum absolute atomic E-state index is 0.401. The van der Waals surface area contributed by atoms with Crippen molar-refractivity contribution >= 4 is 23.4 Å². The molecule has 0 spiro atoms. The van der Waals surface area contributed by atoms with E-state index in [0.717, 1.165) is 12.0 Å². The molecule has 2 N–H and O–H groups in total. The van der Waals surface area contributed by atoms with Gasteiger partial charge in [0, 0.05) is 13.6 Å². The third-order valence-corrected chi connectivity index (χ3v) is 3.83. The summed E-state index contributed by atoms with van der Waals surface area (Å²) in [5.74, 6) is 0. The van der Waals surface area contributed by atoms with E-state index in [1.54, 1.807) is 11.6 Å². The van der Waals surface area contributed by atoms with Crippen molar-refractivity contribution in [2.45, 2.75) is 13.0 Å². The number of hydrogen-bond acceptors (Lipinski definition) is 3. The van der Waals surface area contributed by atoms with Gasteiger partial charge in [0.2, 0.25) is 0 Å². The topological polar surface area (TPSA) is 75.6 Å². The number of aryl methyl sites for hydroxylation is 3. The maximum Gasteiger partial charge on any atom is 0.329 e. The monoisotopic (exact) mass is 302 g/mol. The number of aromatic amines is 2. The summed E-state index contributed by atoms with van der Waals surface area (Å²) < 4.78 is 3.52. The summed E-state index contributed by atoms with van der Waals surface area (Å²) in [6, 6.07) is 9.96. The van der Waals surface area contributed by atoms with E-state index in [9.17, 15) is 9.59 Å². The van der Waals surface area contributed by atoms with Crippen molar-refractivity contribution in [3.05, 3.63) is 61.5 Å². The molecule has 108 valence electrons. The lowest BCUT2D eigenvalue weighted by Gasteiger charge is -2.05. The number of aromatic nitrogens is 4. The lowest BCUT2D eigenvalue weighted by Crippen LogP contribution is -2.29. The molecule has 0 aliphatic heterocycles. The van der Waals surface area contributed by atoms with E-state index >= 15 is 0 Å². The maximum absolute atomic E-state index is 12.0. The molecule has 0 unspecified atom stereocenters. The third-order valence-electron chi connectivity index (χ3n) is 3.51. The molecule has 0 saturated heterocycles. The Kier molecular flexibility index (Phi) is 3.34. The second-order valence-electron chi connectivity index (χ2n) is 4.83. The van der Waals surface area contributed by atoms with Crippen molar-refractivity contribution < 1.29 is 0 Å². The van der Waals surface area contributed by atoms with Gasteiger partial charge < -0.3 is 9.55 Å². The van der Waals surface area contributed by atoms with E-state index < -0.39 is 11.2 Å². The molecule has 0 atom stereocenters. The van der Waals surface area contributed by atoms with Crippen LogP contribution in [0, 0.1) is 4.77 Å². The summed E-state index contributed by atoms with van der Waals surface area (Å²) in [5, 5.41) is 0. The van der Waals surface area contributed by atoms with Crippen molar-refractivity contribution in [2.24, 2.45) is 7.05 Å². The van der Waals surface area contributed by atoms with Gasteiger partial charge in [-0.05, 0) is 24.2 Å². The molecule has 21 heavy (non-hydrogen) atoms. The average Bonchev–Trinajstić information content (AvgIpc) is 2.81. The molecule has 0 saturated carbocycles. The van der Waals surface area contributed by atoms with Crippen molar-refractivity contribution in [1.29, 1.82) is 0 Å². The van der Waals surface area contributed by atoms with E-state index in [-0.39, 0.29) is 0 Å². The summed E-state index contributed by atoms with van der Waals surface area (Å²) >= 11 is 5.27. The van der Waals surface area contributed by atoms with Crippen LogP contribution in [0.2, 0.25) is 0 Å². The second-order valence-corrected chi connectivity index (χ2v) is 5.22. The second kappa shape index (κ2) is 5.17. The molecular formula is C14H14N4O2S. The van der Waals surface area contributed by atoms with Gasteiger partial charge in [-0.25, -0.2) is 4.79 Å². The lowest BCUT2D eigenvalue weighted by atomic mass is 10.1. The van der Waals surface area contributed by atoms with Crippen LogP contribution in [-0.4, -0.2) is 19.1 Å². The Bertz CT molecular complexity index is 963. The van der Waals surface area contributed by atoms with Crippen LogP contribution in [0.1, 0.15) is 5.56 Å².